The second kappa shape index (κ2) is 14.7. The van der Waals surface area contributed by atoms with Crippen molar-refractivity contribution in [2.75, 3.05) is 12.3 Å². The molecular weight excluding hydrogens is 488 g/mol. The molecule has 0 radical (unpaired) electrons. The molecule has 1 N–H and O–H groups in total. The summed E-state index contributed by atoms with van der Waals surface area (Å²) in [7, 11) is 0. The summed E-state index contributed by atoms with van der Waals surface area (Å²) in [6.07, 6.45) is 0.815. The average molecular weight is 523 g/mol. The minimum Gasteiger partial charge on any atom is -0.354 e. The van der Waals surface area contributed by atoms with Crippen LogP contribution in [0.4, 0.5) is 0 Å². The van der Waals surface area contributed by atoms with Gasteiger partial charge in [0.15, 0.2) is 0 Å². The van der Waals surface area contributed by atoms with Crippen molar-refractivity contribution in [3.63, 3.8) is 0 Å². The van der Waals surface area contributed by atoms with Crippen LogP contribution in [0.1, 0.15) is 37.0 Å². The third-order valence-corrected chi connectivity index (χ3v) is 7.03. The van der Waals surface area contributed by atoms with Gasteiger partial charge in [0.1, 0.15) is 6.04 Å². The Bertz CT molecular complexity index is 1090. The van der Waals surface area contributed by atoms with Crippen LogP contribution in [0.2, 0.25) is 5.02 Å². The Morgan fingerprint density at radius 1 is 0.889 bits per heavy atom. The molecular formula is C30H35ClN2O2S. The highest BCUT2D eigenvalue weighted by Gasteiger charge is 2.30. The highest BCUT2D eigenvalue weighted by atomic mass is 35.5. The van der Waals surface area contributed by atoms with E-state index in [4.69, 9.17) is 11.6 Å². The maximum Gasteiger partial charge on any atom is 0.243 e. The second-order valence-corrected chi connectivity index (χ2v) is 10.8. The van der Waals surface area contributed by atoms with Crippen molar-refractivity contribution in [1.29, 1.82) is 0 Å². The number of benzene rings is 3. The molecule has 0 aliphatic heterocycles. The predicted molar refractivity (Wildman–Crippen MR) is 151 cm³/mol. The molecule has 0 heterocycles. The third-order valence-electron chi connectivity index (χ3n) is 5.77. The number of carbonyl (C=O) groups excluding carboxylic acids is 2. The van der Waals surface area contributed by atoms with Crippen molar-refractivity contribution < 1.29 is 9.59 Å². The van der Waals surface area contributed by atoms with Crippen molar-refractivity contribution in [2.45, 2.75) is 45.0 Å². The van der Waals surface area contributed by atoms with E-state index in [9.17, 15) is 9.59 Å². The molecule has 0 aromatic heterocycles. The number of carbonyl (C=O) groups is 2. The van der Waals surface area contributed by atoms with Crippen LogP contribution in [0, 0.1) is 5.92 Å². The first kappa shape index (κ1) is 27.8. The summed E-state index contributed by atoms with van der Waals surface area (Å²) in [4.78, 5) is 28.8. The average Bonchev–Trinajstić information content (AvgIpc) is 2.88. The zero-order valence-electron chi connectivity index (χ0n) is 21.0. The molecule has 190 valence electrons. The molecule has 0 aliphatic carbocycles. The van der Waals surface area contributed by atoms with Crippen molar-refractivity contribution in [3.8, 4) is 0 Å². The number of halogens is 1. The number of nitrogens with zero attached hydrogens (tertiary/aromatic N) is 1. The Labute approximate surface area is 224 Å². The fraction of sp³-hybridized carbons (Fsp3) is 0.333. The van der Waals surface area contributed by atoms with Gasteiger partial charge in [-0.1, -0.05) is 98.2 Å². The highest BCUT2D eigenvalue weighted by molar-refractivity contribution is 7.98. The van der Waals surface area contributed by atoms with Gasteiger partial charge in [-0.2, -0.15) is 11.8 Å². The summed E-state index contributed by atoms with van der Waals surface area (Å²) in [5.74, 6) is 1.70. The summed E-state index contributed by atoms with van der Waals surface area (Å²) < 4.78 is 0. The topological polar surface area (TPSA) is 49.4 Å². The molecule has 0 bridgehead atoms. The lowest BCUT2D eigenvalue weighted by Crippen LogP contribution is -2.51. The first-order valence-corrected chi connectivity index (χ1v) is 13.9. The molecule has 3 aromatic carbocycles. The lowest BCUT2D eigenvalue weighted by Gasteiger charge is -2.32. The third kappa shape index (κ3) is 9.36. The molecule has 0 spiro atoms. The fourth-order valence-electron chi connectivity index (χ4n) is 3.88. The van der Waals surface area contributed by atoms with Gasteiger partial charge in [0.2, 0.25) is 11.8 Å². The van der Waals surface area contributed by atoms with Gasteiger partial charge in [0.05, 0.1) is 0 Å². The minimum absolute atomic E-state index is 0.0313. The van der Waals surface area contributed by atoms with E-state index in [1.54, 1.807) is 16.7 Å². The maximum atomic E-state index is 13.6. The van der Waals surface area contributed by atoms with Gasteiger partial charge in [-0.25, -0.2) is 0 Å². The van der Waals surface area contributed by atoms with E-state index < -0.39 is 6.04 Å². The number of rotatable bonds is 13. The molecule has 4 nitrogen and oxygen atoms in total. The Balaban J connectivity index is 1.79. The van der Waals surface area contributed by atoms with E-state index in [0.717, 1.165) is 16.9 Å². The van der Waals surface area contributed by atoms with Gasteiger partial charge in [-0.05, 0) is 34.7 Å². The zero-order valence-corrected chi connectivity index (χ0v) is 22.6. The first-order chi connectivity index (χ1) is 17.4. The van der Waals surface area contributed by atoms with Gasteiger partial charge in [-0.3, -0.25) is 9.59 Å². The van der Waals surface area contributed by atoms with Crippen molar-refractivity contribution >= 4 is 35.2 Å². The zero-order chi connectivity index (χ0) is 25.8. The van der Waals surface area contributed by atoms with Crippen LogP contribution < -0.4 is 5.32 Å². The van der Waals surface area contributed by atoms with Gasteiger partial charge < -0.3 is 10.2 Å². The molecule has 0 fully saturated rings. The summed E-state index contributed by atoms with van der Waals surface area (Å²) in [6.45, 7) is 5.02. The largest absolute Gasteiger partial charge is 0.354 e. The molecule has 6 heteroatoms. The lowest BCUT2D eigenvalue weighted by atomic mass is 10.0. The van der Waals surface area contributed by atoms with Crippen LogP contribution in [0.5, 0.6) is 0 Å². The molecule has 36 heavy (non-hydrogen) atoms. The van der Waals surface area contributed by atoms with Crippen LogP contribution in [0.25, 0.3) is 0 Å². The van der Waals surface area contributed by atoms with Crippen molar-refractivity contribution in [2.24, 2.45) is 5.92 Å². The van der Waals surface area contributed by atoms with Crippen LogP contribution >= 0.6 is 23.4 Å². The maximum absolute atomic E-state index is 13.6. The van der Waals surface area contributed by atoms with Crippen LogP contribution in [0.15, 0.2) is 84.9 Å². The number of hydrogen-bond acceptors (Lipinski definition) is 3. The van der Waals surface area contributed by atoms with Gasteiger partial charge in [0.25, 0.3) is 0 Å². The number of hydrogen-bond donors (Lipinski definition) is 1. The first-order valence-electron chi connectivity index (χ1n) is 12.4. The van der Waals surface area contributed by atoms with E-state index in [0.29, 0.717) is 42.6 Å². The summed E-state index contributed by atoms with van der Waals surface area (Å²) in [5.41, 5.74) is 3.16. The van der Waals surface area contributed by atoms with Crippen molar-refractivity contribution in [1.82, 2.24) is 10.2 Å². The highest BCUT2D eigenvalue weighted by Crippen LogP contribution is 2.20. The number of thioether (sulfide) groups is 1. The molecule has 3 aromatic rings. The fourth-order valence-corrected chi connectivity index (χ4v) is 4.98. The SMILES string of the molecule is CC(C)CNC(=O)C(Cc1ccccc1)N(Cc1cccc(Cl)c1)C(=O)CCSCc1ccccc1. The quantitative estimate of drug-likeness (QED) is 0.265. The van der Waals surface area contributed by atoms with Gasteiger partial charge in [0, 0.05) is 42.5 Å². The summed E-state index contributed by atoms with van der Waals surface area (Å²) in [5, 5.41) is 3.67. The molecule has 0 saturated heterocycles. The van der Waals surface area contributed by atoms with Crippen LogP contribution in [-0.2, 0) is 28.3 Å². The van der Waals surface area contributed by atoms with Crippen LogP contribution in [-0.4, -0.2) is 35.1 Å². The summed E-state index contributed by atoms with van der Waals surface area (Å²) in [6, 6.07) is 27.0. The Hall–Kier alpha value is -2.76. The Morgan fingerprint density at radius 2 is 1.53 bits per heavy atom. The monoisotopic (exact) mass is 522 g/mol. The molecule has 0 saturated carbocycles. The molecule has 1 unspecified atom stereocenters. The lowest BCUT2D eigenvalue weighted by molar-refractivity contribution is -0.141. The van der Waals surface area contributed by atoms with E-state index in [-0.39, 0.29) is 11.8 Å². The van der Waals surface area contributed by atoms with Crippen LogP contribution in [0.3, 0.4) is 0 Å². The molecule has 1 atom stereocenters. The smallest absolute Gasteiger partial charge is 0.243 e. The molecule has 0 aliphatic rings. The Kier molecular flexibility index (Phi) is 11.4. The molecule has 3 rings (SSSR count). The normalized spacial score (nSPS) is 11.8. The number of nitrogens with one attached hydrogen (secondary N) is 1. The Morgan fingerprint density at radius 3 is 2.17 bits per heavy atom. The van der Waals surface area contributed by atoms with E-state index in [1.165, 1.54) is 5.56 Å². The number of amides is 2. The standard InChI is InChI=1S/C30H35ClN2O2S/c1-23(2)20-32-30(35)28(19-24-10-5-3-6-11-24)33(21-26-14-9-15-27(31)18-26)29(34)16-17-36-22-25-12-7-4-8-13-25/h3-15,18,23,28H,16-17,19-22H2,1-2H3,(H,32,35). The van der Waals surface area contributed by atoms with Gasteiger partial charge in [-0.15, -0.1) is 0 Å². The van der Waals surface area contributed by atoms with E-state index >= 15 is 0 Å². The second-order valence-electron chi connectivity index (χ2n) is 9.28. The van der Waals surface area contributed by atoms with Crippen molar-refractivity contribution in [3.05, 3.63) is 107 Å². The van der Waals surface area contributed by atoms with E-state index in [1.807, 2.05) is 72.8 Å². The minimum atomic E-state index is -0.614. The van der Waals surface area contributed by atoms with Gasteiger partial charge >= 0.3 is 0 Å². The summed E-state index contributed by atoms with van der Waals surface area (Å²) >= 11 is 7.97. The predicted octanol–water partition coefficient (Wildman–Crippen LogP) is 6.38. The van der Waals surface area contributed by atoms with E-state index in [2.05, 4.69) is 31.3 Å². The molecule has 2 amide bonds.